The minimum absolute atomic E-state index is 0.0767. The maximum Gasteiger partial charge on any atom is 0.303 e. The van der Waals surface area contributed by atoms with Gasteiger partial charge in [-0.25, -0.2) is 0 Å². The number of likely N-dealkylation sites (N-methyl/N-ethyl adjacent to an activating group) is 1. The molecule has 2 heterocycles. The minimum atomic E-state index is -0.936. The number of carbonyl (C=O) groups is 3. The number of hydrogen-bond acceptors (Lipinski definition) is 4. The van der Waals surface area contributed by atoms with Gasteiger partial charge in [0.2, 0.25) is 11.8 Å². The van der Waals surface area contributed by atoms with E-state index in [0.717, 1.165) is 11.1 Å². The number of carboxylic acids is 1. The number of benzene rings is 1. The fraction of sp³-hybridized carbons (Fsp3) is 0.333. The molecule has 1 saturated heterocycles. The SMILES string of the molecule is CN1C(=O)C(Cc2cccnc2)N(C(=O)CCCC(=O)O)C1c1ccccc1. The van der Waals surface area contributed by atoms with Crippen LogP contribution in [0.4, 0.5) is 0 Å². The van der Waals surface area contributed by atoms with Crippen LogP contribution in [0.5, 0.6) is 0 Å². The predicted molar refractivity (Wildman–Crippen MR) is 102 cm³/mol. The summed E-state index contributed by atoms with van der Waals surface area (Å²) in [5, 5.41) is 8.86. The summed E-state index contributed by atoms with van der Waals surface area (Å²) in [7, 11) is 1.70. The highest BCUT2D eigenvalue weighted by Gasteiger charge is 2.46. The van der Waals surface area contributed by atoms with Gasteiger partial charge in [-0.2, -0.15) is 0 Å². The molecule has 146 valence electrons. The second-order valence-corrected chi connectivity index (χ2v) is 6.86. The van der Waals surface area contributed by atoms with E-state index in [1.165, 1.54) is 0 Å². The minimum Gasteiger partial charge on any atom is -0.481 e. The third kappa shape index (κ3) is 4.19. The highest BCUT2D eigenvalue weighted by molar-refractivity contribution is 5.91. The fourth-order valence-corrected chi connectivity index (χ4v) is 3.60. The van der Waals surface area contributed by atoms with E-state index in [1.54, 1.807) is 35.3 Å². The summed E-state index contributed by atoms with van der Waals surface area (Å²) in [6.45, 7) is 0. The largest absolute Gasteiger partial charge is 0.481 e. The van der Waals surface area contributed by atoms with Gasteiger partial charge < -0.3 is 14.9 Å². The van der Waals surface area contributed by atoms with Gasteiger partial charge in [-0.3, -0.25) is 19.4 Å². The summed E-state index contributed by atoms with van der Waals surface area (Å²) in [5.74, 6) is -1.29. The van der Waals surface area contributed by atoms with Crippen molar-refractivity contribution in [3.63, 3.8) is 0 Å². The lowest BCUT2D eigenvalue weighted by Crippen LogP contribution is -2.41. The van der Waals surface area contributed by atoms with Gasteiger partial charge in [0.15, 0.2) is 0 Å². The second kappa shape index (κ2) is 8.65. The van der Waals surface area contributed by atoms with E-state index in [9.17, 15) is 14.4 Å². The van der Waals surface area contributed by atoms with Crippen LogP contribution in [0, 0.1) is 0 Å². The number of amides is 2. The van der Waals surface area contributed by atoms with Gasteiger partial charge in [-0.1, -0.05) is 36.4 Å². The number of hydrogen-bond donors (Lipinski definition) is 1. The van der Waals surface area contributed by atoms with Crippen LogP contribution in [0.3, 0.4) is 0 Å². The molecule has 0 aliphatic carbocycles. The van der Waals surface area contributed by atoms with Crippen molar-refractivity contribution in [2.24, 2.45) is 0 Å². The van der Waals surface area contributed by atoms with Gasteiger partial charge in [-0.15, -0.1) is 0 Å². The van der Waals surface area contributed by atoms with Gasteiger partial charge in [-0.05, 0) is 23.6 Å². The molecule has 7 heteroatoms. The summed E-state index contributed by atoms with van der Waals surface area (Å²) in [5.41, 5.74) is 1.71. The highest BCUT2D eigenvalue weighted by atomic mass is 16.4. The molecule has 28 heavy (non-hydrogen) atoms. The van der Waals surface area contributed by atoms with Gasteiger partial charge in [0.1, 0.15) is 12.2 Å². The van der Waals surface area contributed by atoms with Crippen LogP contribution in [-0.4, -0.2) is 50.8 Å². The lowest BCUT2D eigenvalue weighted by atomic mass is 10.0. The summed E-state index contributed by atoms with van der Waals surface area (Å²) in [6.07, 6.45) is 3.46. The Bertz CT molecular complexity index is 841. The molecule has 1 aliphatic heterocycles. The highest BCUT2D eigenvalue weighted by Crippen LogP contribution is 2.35. The summed E-state index contributed by atoms with van der Waals surface area (Å²) >= 11 is 0. The van der Waals surface area contributed by atoms with Gasteiger partial charge in [0.05, 0.1) is 0 Å². The Labute approximate surface area is 163 Å². The van der Waals surface area contributed by atoms with Crippen molar-refractivity contribution in [1.29, 1.82) is 0 Å². The molecular formula is C21H23N3O4. The predicted octanol–water partition coefficient (Wildman–Crippen LogP) is 2.25. The van der Waals surface area contributed by atoms with E-state index in [2.05, 4.69) is 4.98 Å². The number of nitrogens with zero attached hydrogens (tertiary/aromatic N) is 3. The third-order valence-corrected chi connectivity index (χ3v) is 4.92. The van der Waals surface area contributed by atoms with E-state index in [4.69, 9.17) is 5.11 Å². The second-order valence-electron chi connectivity index (χ2n) is 6.86. The number of aromatic nitrogens is 1. The maximum absolute atomic E-state index is 13.0. The van der Waals surface area contributed by atoms with Crippen LogP contribution in [0.1, 0.15) is 36.6 Å². The van der Waals surface area contributed by atoms with E-state index < -0.39 is 18.2 Å². The normalized spacial score (nSPS) is 19.1. The quantitative estimate of drug-likeness (QED) is 0.794. The topological polar surface area (TPSA) is 90.8 Å². The number of carboxylic acid groups (broad SMARTS) is 1. The van der Waals surface area contributed by atoms with Crippen LogP contribution in [0.2, 0.25) is 0 Å². The Morgan fingerprint density at radius 3 is 2.50 bits per heavy atom. The first kappa shape index (κ1) is 19.5. The lowest BCUT2D eigenvalue weighted by molar-refractivity contribution is -0.138. The molecule has 1 aliphatic rings. The van der Waals surface area contributed by atoms with Crippen LogP contribution in [0.25, 0.3) is 0 Å². The molecule has 0 bridgehead atoms. The van der Waals surface area contributed by atoms with Crippen LogP contribution in [0.15, 0.2) is 54.9 Å². The zero-order chi connectivity index (χ0) is 20.1. The lowest BCUT2D eigenvalue weighted by Gasteiger charge is -2.30. The first-order valence-corrected chi connectivity index (χ1v) is 9.22. The van der Waals surface area contributed by atoms with Crippen molar-refractivity contribution in [3.05, 3.63) is 66.0 Å². The van der Waals surface area contributed by atoms with Crippen LogP contribution < -0.4 is 0 Å². The van der Waals surface area contributed by atoms with Crippen LogP contribution in [-0.2, 0) is 20.8 Å². The number of aliphatic carboxylic acids is 1. The maximum atomic E-state index is 13.0. The average molecular weight is 381 g/mol. The summed E-state index contributed by atoms with van der Waals surface area (Å²) in [6, 6.07) is 12.4. The molecule has 2 aromatic rings. The monoisotopic (exact) mass is 381 g/mol. The molecule has 1 fully saturated rings. The molecule has 2 unspecified atom stereocenters. The molecule has 1 aromatic heterocycles. The first-order chi connectivity index (χ1) is 13.5. The Hall–Kier alpha value is -3.22. The fourth-order valence-electron chi connectivity index (χ4n) is 3.60. The van der Waals surface area contributed by atoms with Crippen molar-refractivity contribution in [3.8, 4) is 0 Å². The van der Waals surface area contributed by atoms with Crippen molar-refractivity contribution >= 4 is 17.8 Å². The van der Waals surface area contributed by atoms with Gasteiger partial charge >= 0.3 is 5.97 Å². The molecular weight excluding hydrogens is 358 g/mol. The Morgan fingerprint density at radius 1 is 1.11 bits per heavy atom. The van der Waals surface area contributed by atoms with Gasteiger partial charge in [0.25, 0.3) is 0 Å². The first-order valence-electron chi connectivity index (χ1n) is 9.22. The van der Waals surface area contributed by atoms with Crippen molar-refractivity contribution in [1.82, 2.24) is 14.8 Å². The smallest absolute Gasteiger partial charge is 0.303 e. The summed E-state index contributed by atoms with van der Waals surface area (Å²) in [4.78, 5) is 44.1. The zero-order valence-corrected chi connectivity index (χ0v) is 15.7. The Morgan fingerprint density at radius 2 is 1.86 bits per heavy atom. The molecule has 1 N–H and O–H groups in total. The summed E-state index contributed by atoms with van der Waals surface area (Å²) < 4.78 is 0. The van der Waals surface area contributed by atoms with E-state index in [1.807, 2.05) is 36.4 Å². The third-order valence-electron chi connectivity index (χ3n) is 4.92. The molecule has 0 saturated carbocycles. The van der Waals surface area contributed by atoms with Crippen molar-refractivity contribution < 1.29 is 19.5 Å². The van der Waals surface area contributed by atoms with Crippen LogP contribution >= 0.6 is 0 Å². The van der Waals surface area contributed by atoms with E-state index >= 15 is 0 Å². The van der Waals surface area contributed by atoms with Crippen molar-refractivity contribution in [2.45, 2.75) is 37.9 Å². The zero-order valence-electron chi connectivity index (χ0n) is 15.7. The van der Waals surface area contributed by atoms with E-state index in [-0.39, 0.29) is 31.1 Å². The molecule has 7 nitrogen and oxygen atoms in total. The average Bonchev–Trinajstić information content (AvgIpc) is 2.94. The molecule has 2 amide bonds. The molecule has 0 spiro atoms. The standard InChI is InChI=1S/C21H23N3O4/c1-23-20(16-8-3-2-4-9-16)24(18(25)10-5-11-19(26)27)17(21(23)28)13-15-7-6-12-22-14-15/h2-4,6-9,12,14,17,20H,5,10-11,13H2,1H3,(H,26,27). The number of rotatable bonds is 7. The number of pyridine rings is 1. The van der Waals surface area contributed by atoms with Crippen molar-refractivity contribution in [2.75, 3.05) is 7.05 Å². The molecule has 2 atom stereocenters. The number of carbonyl (C=O) groups excluding carboxylic acids is 2. The van der Waals surface area contributed by atoms with E-state index in [0.29, 0.717) is 6.42 Å². The molecule has 3 rings (SSSR count). The molecule has 1 aromatic carbocycles. The Balaban J connectivity index is 1.90. The Kier molecular flexibility index (Phi) is 6.03. The van der Waals surface area contributed by atoms with Gasteiger partial charge in [0, 0.05) is 38.7 Å². The molecule has 0 radical (unpaired) electrons.